The van der Waals surface area contributed by atoms with E-state index in [9.17, 15) is 4.79 Å². The number of nitrogens with zero attached hydrogens (tertiary/aromatic N) is 1. The lowest BCUT2D eigenvalue weighted by Crippen LogP contribution is -2.28. The molecule has 2 atom stereocenters. The monoisotopic (exact) mass is 273 g/mol. The van der Waals surface area contributed by atoms with Gasteiger partial charge in [-0.05, 0) is 55.9 Å². The van der Waals surface area contributed by atoms with Gasteiger partial charge in [0.05, 0.1) is 6.61 Å². The first kappa shape index (κ1) is 13.5. The fraction of sp³-hybridized carbons (Fsp3) is 0.588. The molecule has 1 aromatic rings. The van der Waals surface area contributed by atoms with Crippen molar-refractivity contribution in [1.29, 1.82) is 0 Å². The number of ether oxygens (including phenoxy) is 1. The molecule has 2 aliphatic rings. The van der Waals surface area contributed by atoms with Crippen LogP contribution in [0.25, 0.3) is 0 Å². The number of fused-ring (bicyclic) bond motifs is 1. The van der Waals surface area contributed by atoms with Gasteiger partial charge in [0.25, 0.3) is 5.91 Å². The van der Waals surface area contributed by atoms with Crippen LogP contribution in [0, 0.1) is 11.8 Å². The number of hydrogen-bond donors (Lipinski definition) is 0. The molecular weight excluding hydrogens is 250 g/mol. The summed E-state index contributed by atoms with van der Waals surface area (Å²) in [4.78, 5) is 14.6. The number of carbonyl (C=O) groups is 1. The van der Waals surface area contributed by atoms with Crippen molar-refractivity contribution in [3.8, 4) is 5.75 Å². The minimum absolute atomic E-state index is 0.183. The zero-order chi connectivity index (χ0) is 13.9. The number of benzene rings is 1. The summed E-state index contributed by atoms with van der Waals surface area (Å²) in [5, 5.41) is 0. The summed E-state index contributed by atoms with van der Waals surface area (Å²) in [5.41, 5.74) is 0.784. The molecule has 0 radical (unpaired) electrons. The SMILES string of the molecule is CCOc1ccc(C(=O)N2CC3CCCCC3C2)cc1. The Morgan fingerprint density at radius 2 is 1.75 bits per heavy atom. The molecule has 20 heavy (non-hydrogen) atoms. The standard InChI is InChI=1S/C17H23NO2/c1-2-20-16-9-7-13(8-10-16)17(19)18-11-14-5-3-4-6-15(14)12-18/h7-10,14-15H,2-6,11-12H2,1H3. The van der Waals surface area contributed by atoms with E-state index in [1.165, 1.54) is 25.7 Å². The van der Waals surface area contributed by atoms with E-state index < -0.39 is 0 Å². The normalized spacial score (nSPS) is 25.4. The molecule has 0 aromatic heterocycles. The number of amides is 1. The molecule has 2 fully saturated rings. The largest absolute Gasteiger partial charge is 0.494 e. The van der Waals surface area contributed by atoms with Crippen molar-refractivity contribution < 1.29 is 9.53 Å². The van der Waals surface area contributed by atoms with Gasteiger partial charge in [0.1, 0.15) is 5.75 Å². The summed E-state index contributed by atoms with van der Waals surface area (Å²) < 4.78 is 5.42. The molecule has 1 amide bonds. The van der Waals surface area contributed by atoms with Gasteiger partial charge in [0.15, 0.2) is 0 Å². The van der Waals surface area contributed by atoms with Gasteiger partial charge in [-0.1, -0.05) is 12.8 Å². The van der Waals surface area contributed by atoms with Crippen molar-refractivity contribution in [2.75, 3.05) is 19.7 Å². The topological polar surface area (TPSA) is 29.5 Å². The van der Waals surface area contributed by atoms with E-state index in [2.05, 4.69) is 4.90 Å². The van der Waals surface area contributed by atoms with Crippen LogP contribution in [0.3, 0.4) is 0 Å². The molecule has 3 heteroatoms. The summed E-state index contributed by atoms with van der Waals surface area (Å²) in [6, 6.07) is 7.55. The Hall–Kier alpha value is -1.51. The second-order valence-corrected chi connectivity index (χ2v) is 5.97. The molecule has 1 aliphatic carbocycles. The first-order valence-corrected chi connectivity index (χ1v) is 7.80. The van der Waals surface area contributed by atoms with E-state index in [4.69, 9.17) is 4.74 Å². The van der Waals surface area contributed by atoms with Crippen LogP contribution in [0.4, 0.5) is 0 Å². The Morgan fingerprint density at radius 1 is 1.15 bits per heavy atom. The Bertz CT molecular complexity index is 454. The van der Waals surface area contributed by atoms with E-state index in [-0.39, 0.29) is 5.91 Å². The second kappa shape index (κ2) is 5.86. The average Bonchev–Trinajstić information content (AvgIpc) is 2.91. The van der Waals surface area contributed by atoms with Crippen LogP contribution in [0.15, 0.2) is 24.3 Å². The second-order valence-electron chi connectivity index (χ2n) is 5.97. The summed E-state index contributed by atoms with van der Waals surface area (Å²) in [6.45, 7) is 4.53. The number of rotatable bonds is 3. The number of likely N-dealkylation sites (tertiary alicyclic amines) is 1. The lowest BCUT2D eigenvalue weighted by molar-refractivity contribution is 0.0784. The minimum Gasteiger partial charge on any atom is -0.494 e. The van der Waals surface area contributed by atoms with Crippen LogP contribution in [-0.2, 0) is 0 Å². The van der Waals surface area contributed by atoms with Gasteiger partial charge in [-0.15, -0.1) is 0 Å². The number of carbonyl (C=O) groups excluding carboxylic acids is 1. The summed E-state index contributed by atoms with van der Waals surface area (Å²) in [6.07, 6.45) is 5.29. The van der Waals surface area contributed by atoms with E-state index in [1.54, 1.807) is 0 Å². The van der Waals surface area contributed by atoms with Crippen molar-refractivity contribution in [1.82, 2.24) is 4.90 Å². The predicted octanol–water partition coefficient (Wildman–Crippen LogP) is 3.35. The highest BCUT2D eigenvalue weighted by atomic mass is 16.5. The van der Waals surface area contributed by atoms with Crippen molar-refractivity contribution >= 4 is 5.91 Å². The van der Waals surface area contributed by atoms with Crippen LogP contribution >= 0.6 is 0 Å². The Morgan fingerprint density at radius 3 is 2.30 bits per heavy atom. The van der Waals surface area contributed by atoms with Crippen molar-refractivity contribution in [2.24, 2.45) is 11.8 Å². The van der Waals surface area contributed by atoms with Gasteiger partial charge in [-0.3, -0.25) is 4.79 Å². The van der Waals surface area contributed by atoms with E-state index in [0.717, 1.165) is 36.2 Å². The first-order valence-electron chi connectivity index (χ1n) is 7.80. The highest BCUT2D eigenvalue weighted by molar-refractivity contribution is 5.94. The van der Waals surface area contributed by atoms with Crippen molar-refractivity contribution in [3.63, 3.8) is 0 Å². The first-order chi connectivity index (χ1) is 9.78. The Balaban J connectivity index is 1.66. The third-order valence-corrected chi connectivity index (χ3v) is 4.68. The highest BCUT2D eigenvalue weighted by Gasteiger charge is 2.36. The zero-order valence-corrected chi connectivity index (χ0v) is 12.2. The molecule has 1 aliphatic heterocycles. The van der Waals surface area contributed by atoms with Gasteiger partial charge in [0.2, 0.25) is 0 Å². The van der Waals surface area contributed by atoms with Crippen molar-refractivity contribution in [3.05, 3.63) is 29.8 Å². The Labute approximate surface area is 120 Å². The molecule has 0 bridgehead atoms. The highest BCUT2D eigenvalue weighted by Crippen LogP contribution is 2.36. The van der Waals surface area contributed by atoms with Gasteiger partial charge < -0.3 is 9.64 Å². The average molecular weight is 273 g/mol. The lowest BCUT2D eigenvalue weighted by Gasteiger charge is -2.22. The minimum atomic E-state index is 0.183. The molecular formula is C17H23NO2. The van der Waals surface area contributed by atoms with Crippen LogP contribution < -0.4 is 4.74 Å². The van der Waals surface area contributed by atoms with Gasteiger partial charge >= 0.3 is 0 Å². The lowest BCUT2D eigenvalue weighted by atomic mass is 9.82. The maximum atomic E-state index is 12.5. The maximum absolute atomic E-state index is 12.5. The van der Waals surface area contributed by atoms with Crippen molar-refractivity contribution in [2.45, 2.75) is 32.6 Å². The van der Waals surface area contributed by atoms with Crippen LogP contribution in [0.1, 0.15) is 43.0 Å². The van der Waals surface area contributed by atoms with Crippen LogP contribution in [0.2, 0.25) is 0 Å². The van der Waals surface area contributed by atoms with Crippen LogP contribution in [-0.4, -0.2) is 30.5 Å². The number of hydrogen-bond acceptors (Lipinski definition) is 2. The molecule has 0 N–H and O–H groups in total. The van der Waals surface area contributed by atoms with Gasteiger partial charge in [0, 0.05) is 18.7 Å². The summed E-state index contributed by atoms with van der Waals surface area (Å²) >= 11 is 0. The smallest absolute Gasteiger partial charge is 0.253 e. The fourth-order valence-corrected chi connectivity index (χ4v) is 3.61. The predicted molar refractivity (Wildman–Crippen MR) is 79.0 cm³/mol. The Kier molecular flexibility index (Phi) is 3.95. The zero-order valence-electron chi connectivity index (χ0n) is 12.2. The molecule has 1 aromatic carbocycles. The molecule has 0 spiro atoms. The van der Waals surface area contributed by atoms with E-state index in [1.807, 2.05) is 31.2 Å². The summed E-state index contributed by atoms with van der Waals surface area (Å²) in [7, 11) is 0. The van der Waals surface area contributed by atoms with Gasteiger partial charge in [-0.25, -0.2) is 0 Å². The van der Waals surface area contributed by atoms with Crippen LogP contribution in [0.5, 0.6) is 5.75 Å². The summed E-state index contributed by atoms with van der Waals surface area (Å²) in [5.74, 6) is 2.51. The third-order valence-electron chi connectivity index (χ3n) is 4.68. The van der Waals surface area contributed by atoms with E-state index >= 15 is 0 Å². The molecule has 1 saturated heterocycles. The molecule has 1 heterocycles. The third kappa shape index (κ3) is 2.67. The molecule has 1 saturated carbocycles. The fourth-order valence-electron chi connectivity index (χ4n) is 3.61. The van der Waals surface area contributed by atoms with Gasteiger partial charge in [-0.2, -0.15) is 0 Å². The quantitative estimate of drug-likeness (QED) is 0.845. The molecule has 3 nitrogen and oxygen atoms in total. The molecule has 3 rings (SSSR count). The molecule has 2 unspecified atom stereocenters. The van der Waals surface area contributed by atoms with E-state index in [0.29, 0.717) is 6.61 Å². The molecule has 108 valence electrons. The maximum Gasteiger partial charge on any atom is 0.253 e.